The fourth-order valence-electron chi connectivity index (χ4n) is 3.63. The zero-order valence-corrected chi connectivity index (χ0v) is 21.3. The Morgan fingerprint density at radius 3 is 2.62 bits per heavy atom. The van der Waals surface area contributed by atoms with E-state index in [-0.39, 0.29) is 29.6 Å². The van der Waals surface area contributed by atoms with Gasteiger partial charge in [-0.2, -0.15) is 0 Å². The molecule has 7 heteroatoms. The van der Waals surface area contributed by atoms with Gasteiger partial charge in [0.2, 0.25) is 0 Å². The van der Waals surface area contributed by atoms with Gasteiger partial charge in [-0.25, -0.2) is 0 Å². The van der Waals surface area contributed by atoms with Crippen molar-refractivity contribution in [2.75, 3.05) is 37.8 Å². The number of fused-ring (bicyclic) bond motifs is 1. The quantitative estimate of drug-likeness (QED) is 0.322. The number of ether oxygens (including phenoxy) is 3. The molecule has 0 saturated carbocycles. The average molecular weight is 450 g/mol. The van der Waals surface area contributed by atoms with Crippen LogP contribution in [0.25, 0.3) is 0 Å². The second-order valence-corrected chi connectivity index (χ2v) is 7.74. The number of rotatable bonds is 13. The number of carboxylic acid groups (broad SMARTS) is 1. The molecule has 0 saturated heterocycles. The molecule has 0 fully saturated rings. The molecule has 32 heavy (non-hydrogen) atoms. The molecule has 0 N–H and O–H groups in total. The van der Waals surface area contributed by atoms with Crippen molar-refractivity contribution in [3.8, 4) is 11.5 Å². The summed E-state index contributed by atoms with van der Waals surface area (Å²) < 4.78 is 17.1. The van der Waals surface area contributed by atoms with E-state index in [0.29, 0.717) is 26.2 Å². The van der Waals surface area contributed by atoms with Crippen LogP contribution in [-0.2, 0) is 16.0 Å². The first-order chi connectivity index (χ1) is 15.2. The van der Waals surface area contributed by atoms with Gasteiger partial charge in [0.15, 0.2) is 0 Å². The number of unbranched alkanes of at least 4 members (excludes halogenated alkanes) is 3. The summed E-state index contributed by atoms with van der Waals surface area (Å²) in [5.41, 5.74) is 1.98. The van der Waals surface area contributed by atoms with Crippen LogP contribution in [0.1, 0.15) is 38.2 Å². The van der Waals surface area contributed by atoms with Crippen molar-refractivity contribution >= 4 is 11.7 Å². The number of hydrogen-bond acceptors (Lipinski definition) is 6. The maximum Gasteiger partial charge on any atom is 1.00 e. The summed E-state index contributed by atoms with van der Waals surface area (Å²) in [5, 5.41) is 11.4. The van der Waals surface area contributed by atoms with E-state index in [9.17, 15) is 9.90 Å². The first-order valence-corrected chi connectivity index (χ1v) is 11.2. The number of hydrogen-bond donors (Lipinski definition) is 0. The van der Waals surface area contributed by atoms with E-state index < -0.39 is 12.1 Å². The van der Waals surface area contributed by atoms with Crippen molar-refractivity contribution < 1.29 is 53.7 Å². The molecule has 6 nitrogen and oxygen atoms in total. The molecular formula is C25H32NNaO5. The molecule has 0 amide bonds. The van der Waals surface area contributed by atoms with E-state index >= 15 is 0 Å². The minimum absolute atomic E-state index is 0. The van der Waals surface area contributed by atoms with Gasteiger partial charge in [-0.05, 0) is 36.2 Å². The van der Waals surface area contributed by atoms with E-state index in [2.05, 4.69) is 17.9 Å². The molecule has 2 aromatic carbocycles. The summed E-state index contributed by atoms with van der Waals surface area (Å²) in [6.45, 7) is 5.41. The Labute approximate surface area is 213 Å². The molecule has 1 unspecified atom stereocenters. The van der Waals surface area contributed by atoms with Crippen molar-refractivity contribution in [1.29, 1.82) is 0 Å². The fourth-order valence-corrected chi connectivity index (χ4v) is 3.63. The second kappa shape index (κ2) is 14.4. The Kier molecular flexibility index (Phi) is 12.0. The van der Waals surface area contributed by atoms with Crippen molar-refractivity contribution in [2.24, 2.45) is 0 Å². The van der Waals surface area contributed by atoms with Crippen molar-refractivity contribution in [3.63, 3.8) is 0 Å². The largest absolute Gasteiger partial charge is 1.00 e. The Morgan fingerprint density at radius 2 is 1.88 bits per heavy atom. The number of carboxylic acids is 1. The van der Waals surface area contributed by atoms with Crippen LogP contribution in [0.5, 0.6) is 11.5 Å². The predicted molar refractivity (Wildman–Crippen MR) is 119 cm³/mol. The molecular weight excluding hydrogens is 417 g/mol. The molecule has 1 atom stereocenters. The summed E-state index contributed by atoms with van der Waals surface area (Å²) in [6.07, 6.45) is 3.57. The summed E-state index contributed by atoms with van der Waals surface area (Å²) in [5.74, 6) is 0.505. The number of anilines is 1. The van der Waals surface area contributed by atoms with Crippen LogP contribution in [0.15, 0.2) is 48.5 Å². The van der Waals surface area contributed by atoms with E-state index in [1.54, 1.807) is 0 Å². The fraction of sp³-hybridized carbons (Fsp3) is 0.480. The van der Waals surface area contributed by atoms with Gasteiger partial charge in [0.05, 0.1) is 24.7 Å². The standard InChI is InChI=1S/C25H33NO5.Na/c1-2-3-4-7-16-30-24(25(27)28)19-20-10-12-21(13-11-20)29-17-14-26-15-18-31-23-9-6-5-8-22(23)26;/h5-6,8-13,24H,2-4,7,14-19H2,1H3,(H,27,28);/q;+1/p-1. The summed E-state index contributed by atoms with van der Waals surface area (Å²) >= 11 is 0. The topological polar surface area (TPSA) is 71.1 Å². The van der Waals surface area contributed by atoms with Crippen LogP contribution < -0.4 is 49.0 Å². The molecule has 1 aliphatic rings. The average Bonchev–Trinajstić information content (AvgIpc) is 2.79. The van der Waals surface area contributed by atoms with Gasteiger partial charge in [-0.15, -0.1) is 0 Å². The molecule has 1 heterocycles. The van der Waals surface area contributed by atoms with Gasteiger partial charge in [-0.3, -0.25) is 0 Å². The number of nitrogens with zero attached hydrogens (tertiary/aromatic N) is 1. The maximum atomic E-state index is 11.4. The Bertz CT molecular complexity index is 814. The number of aliphatic carboxylic acids is 1. The molecule has 0 aromatic heterocycles. The molecule has 168 valence electrons. The van der Waals surface area contributed by atoms with E-state index in [1.165, 1.54) is 0 Å². The third-order valence-electron chi connectivity index (χ3n) is 5.38. The number of carbonyl (C=O) groups excluding carboxylic acids is 1. The van der Waals surface area contributed by atoms with Crippen LogP contribution in [0.3, 0.4) is 0 Å². The monoisotopic (exact) mass is 449 g/mol. The molecule has 2 aromatic rings. The van der Waals surface area contributed by atoms with Crippen LogP contribution in [0.4, 0.5) is 5.69 Å². The van der Waals surface area contributed by atoms with Gasteiger partial charge in [-0.1, -0.05) is 50.5 Å². The number of benzene rings is 2. The van der Waals surface area contributed by atoms with Crippen molar-refractivity contribution in [1.82, 2.24) is 0 Å². The SMILES string of the molecule is CCCCCCOC(Cc1ccc(OCCN2CCOc3ccccc32)cc1)C(=O)[O-].[Na+]. The molecule has 0 spiro atoms. The Hall–Kier alpha value is -1.73. The van der Waals surface area contributed by atoms with Crippen LogP contribution in [0, 0.1) is 0 Å². The number of para-hydroxylation sites is 2. The zero-order valence-electron chi connectivity index (χ0n) is 19.3. The van der Waals surface area contributed by atoms with Gasteiger partial charge in [0.1, 0.15) is 30.8 Å². The molecule has 1 aliphatic heterocycles. The van der Waals surface area contributed by atoms with Crippen LogP contribution >= 0.6 is 0 Å². The van der Waals surface area contributed by atoms with Gasteiger partial charge < -0.3 is 29.0 Å². The van der Waals surface area contributed by atoms with Crippen molar-refractivity contribution in [2.45, 2.75) is 45.1 Å². The summed E-state index contributed by atoms with van der Waals surface area (Å²) in [6, 6.07) is 15.5. The van der Waals surface area contributed by atoms with Crippen molar-refractivity contribution in [3.05, 3.63) is 54.1 Å². The second-order valence-electron chi connectivity index (χ2n) is 7.74. The van der Waals surface area contributed by atoms with Crippen LogP contribution in [-0.4, -0.2) is 45.0 Å². The first kappa shape index (κ1) is 26.5. The summed E-state index contributed by atoms with van der Waals surface area (Å²) in [7, 11) is 0. The Balaban J connectivity index is 0.00000363. The van der Waals surface area contributed by atoms with Crippen LogP contribution in [0.2, 0.25) is 0 Å². The predicted octanol–water partition coefficient (Wildman–Crippen LogP) is 0.226. The number of carbonyl (C=O) groups is 1. The third-order valence-corrected chi connectivity index (χ3v) is 5.38. The maximum absolute atomic E-state index is 11.4. The molecule has 0 radical (unpaired) electrons. The van der Waals surface area contributed by atoms with E-state index in [4.69, 9.17) is 14.2 Å². The first-order valence-electron chi connectivity index (χ1n) is 11.2. The van der Waals surface area contributed by atoms with Gasteiger partial charge >= 0.3 is 29.6 Å². The van der Waals surface area contributed by atoms with Gasteiger partial charge in [0, 0.05) is 13.0 Å². The third kappa shape index (κ3) is 8.32. The minimum Gasteiger partial charge on any atom is -0.547 e. The van der Waals surface area contributed by atoms with Gasteiger partial charge in [0.25, 0.3) is 0 Å². The molecule has 0 aliphatic carbocycles. The minimum atomic E-state index is -1.17. The normalized spacial score (nSPS) is 13.5. The van der Waals surface area contributed by atoms with E-state index in [0.717, 1.165) is 61.5 Å². The Morgan fingerprint density at radius 1 is 1.09 bits per heavy atom. The summed E-state index contributed by atoms with van der Waals surface area (Å²) in [4.78, 5) is 13.7. The smallest absolute Gasteiger partial charge is 0.547 e. The molecule has 3 rings (SSSR count). The molecule has 0 bridgehead atoms. The zero-order chi connectivity index (χ0) is 21.9. The van der Waals surface area contributed by atoms with E-state index in [1.807, 2.05) is 42.5 Å².